The second-order valence-corrected chi connectivity index (χ2v) is 4.65. The molecule has 92 valence electrons. The van der Waals surface area contributed by atoms with Crippen molar-refractivity contribution in [1.29, 1.82) is 0 Å². The SMILES string of the molecule is CN(c1cccnc1)c1ccc(C(N)=S)cc1Cl. The molecule has 3 nitrogen and oxygen atoms in total. The van der Waals surface area contributed by atoms with Gasteiger partial charge in [-0.1, -0.05) is 23.8 Å². The molecule has 0 amide bonds. The molecule has 5 heteroatoms. The van der Waals surface area contributed by atoms with Gasteiger partial charge >= 0.3 is 0 Å². The number of hydrogen-bond donors (Lipinski definition) is 1. The quantitative estimate of drug-likeness (QED) is 0.875. The number of halogens is 1. The van der Waals surface area contributed by atoms with Gasteiger partial charge < -0.3 is 10.6 Å². The van der Waals surface area contributed by atoms with Gasteiger partial charge in [0.05, 0.1) is 22.6 Å². The van der Waals surface area contributed by atoms with Crippen LogP contribution >= 0.6 is 23.8 Å². The van der Waals surface area contributed by atoms with Crippen molar-refractivity contribution in [3.8, 4) is 0 Å². The number of benzene rings is 1. The van der Waals surface area contributed by atoms with Crippen LogP contribution in [-0.4, -0.2) is 17.0 Å². The summed E-state index contributed by atoms with van der Waals surface area (Å²) in [5.41, 5.74) is 8.17. The molecule has 1 heterocycles. The number of hydrogen-bond acceptors (Lipinski definition) is 3. The van der Waals surface area contributed by atoms with Crippen molar-refractivity contribution in [1.82, 2.24) is 4.98 Å². The van der Waals surface area contributed by atoms with E-state index in [2.05, 4.69) is 4.98 Å². The van der Waals surface area contributed by atoms with E-state index in [1.807, 2.05) is 36.2 Å². The van der Waals surface area contributed by atoms with E-state index in [9.17, 15) is 0 Å². The number of nitrogens with two attached hydrogens (primary N) is 1. The minimum atomic E-state index is 0.340. The molecule has 2 N–H and O–H groups in total. The van der Waals surface area contributed by atoms with Crippen molar-refractivity contribution in [3.63, 3.8) is 0 Å². The molecule has 2 rings (SSSR count). The first-order valence-corrected chi connectivity index (χ1v) is 6.11. The van der Waals surface area contributed by atoms with Gasteiger partial charge in [0, 0.05) is 18.8 Å². The minimum absolute atomic E-state index is 0.340. The zero-order valence-corrected chi connectivity index (χ0v) is 11.4. The lowest BCUT2D eigenvalue weighted by Crippen LogP contribution is -2.12. The highest BCUT2D eigenvalue weighted by Crippen LogP contribution is 2.30. The third-order valence-electron chi connectivity index (χ3n) is 2.63. The first-order chi connectivity index (χ1) is 8.59. The molecule has 0 bridgehead atoms. The van der Waals surface area contributed by atoms with Gasteiger partial charge in [0.15, 0.2) is 0 Å². The highest BCUT2D eigenvalue weighted by Gasteiger charge is 2.09. The van der Waals surface area contributed by atoms with Gasteiger partial charge in [-0.25, -0.2) is 0 Å². The maximum Gasteiger partial charge on any atom is 0.104 e. The average molecular weight is 278 g/mol. The molecule has 0 aliphatic rings. The van der Waals surface area contributed by atoms with Gasteiger partial charge in [-0.3, -0.25) is 4.98 Å². The number of rotatable bonds is 3. The minimum Gasteiger partial charge on any atom is -0.389 e. The monoisotopic (exact) mass is 277 g/mol. The van der Waals surface area contributed by atoms with Crippen molar-refractivity contribution in [2.24, 2.45) is 5.73 Å². The van der Waals surface area contributed by atoms with E-state index in [0.717, 1.165) is 16.9 Å². The Morgan fingerprint density at radius 3 is 2.72 bits per heavy atom. The van der Waals surface area contributed by atoms with Crippen LogP contribution in [0.3, 0.4) is 0 Å². The molecular formula is C13H12ClN3S. The van der Waals surface area contributed by atoms with Crippen LogP contribution in [0.2, 0.25) is 5.02 Å². The summed E-state index contributed by atoms with van der Waals surface area (Å²) in [5, 5.41) is 0.603. The lowest BCUT2D eigenvalue weighted by Gasteiger charge is -2.20. The Bertz CT molecular complexity index is 572. The van der Waals surface area contributed by atoms with Crippen molar-refractivity contribution in [2.45, 2.75) is 0 Å². The van der Waals surface area contributed by atoms with Crippen LogP contribution in [-0.2, 0) is 0 Å². The fourth-order valence-electron chi connectivity index (χ4n) is 1.62. The fraction of sp³-hybridized carbons (Fsp3) is 0.0769. The van der Waals surface area contributed by atoms with Gasteiger partial charge in [-0.2, -0.15) is 0 Å². The summed E-state index contributed by atoms with van der Waals surface area (Å²) >= 11 is 11.2. The Hall–Kier alpha value is -1.65. The van der Waals surface area contributed by atoms with Crippen LogP contribution in [0.25, 0.3) is 0 Å². The first-order valence-electron chi connectivity index (χ1n) is 5.32. The molecule has 1 aromatic heterocycles. The lowest BCUT2D eigenvalue weighted by molar-refractivity contribution is 1.17. The van der Waals surface area contributed by atoms with E-state index in [1.165, 1.54) is 0 Å². The Kier molecular flexibility index (Phi) is 3.79. The van der Waals surface area contributed by atoms with Crippen molar-refractivity contribution in [2.75, 3.05) is 11.9 Å². The average Bonchev–Trinajstić information content (AvgIpc) is 2.38. The van der Waals surface area contributed by atoms with Gasteiger partial charge in [-0.15, -0.1) is 0 Å². The molecule has 1 aromatic carbocycles. The van der Waals surface area contributed by atoms with Crippen LogP contribution in [0, 0.1) is 0 Å². The molecule has 0 spiro atoms. The molecule has 0 aliphatic heterocycles. The van der Waals surface area contributed by atoms with E-state index < -0.39 is 0 Å². The number of pyridine rings is 1. The topological polar surface area (TPSA) is 42.2 Å². The predicted octanol–water partition coefficient (Wildman–Crippen LogP) is 3.14. The smallest absolute Gasteiger partial charge is 0.104 e. The third-order valence-corrected chi connectivity index (χ3v) is 3.17. The summed E-state index contributed by atoms with van der Waals surface area (Å²) in [6, 6.07) is 9.36. The zero-order chi connectivity index (χ0) is 13.1. The van der Waals surface area contributed by atoms with Gasteiger partial charge in [0.25, 0.3) is 0 Å². The standard InChI is InChI=1S/C13H12ClN3S/c1-17(10-3-2-6-16-8-10)12-5-4-9(13(15)18)7-11(12)14/h2-8H,1H3,(H2,15,18). The molecular weight excluding hydrogens is 266 g/mol. The molecule has 0 fully saturated rings. The van der Waals surface area contributed by atoms with Crippen LogP contribution in [0.5, 0.6) is 0 Å². The van der Waals surface area contributed by atoms with Crippen LogP contribution in [0.4, 0.5) is 11.4 Å². The largest absolute Gasteiger partial charge is 0.389 e. The van der Waals surface area contributed by atoms with Crippen LogP contribution in [0.15, 0.2) is 42.7 Å². The van der Waals surface area contributed by atoms with Crippen molar-refractivity contribution in [3.05, 3.63) is 53.3 Å². The fourth-order valence-corrected chi connectivity index (χ4v) is 2.06. The van der Waals surface area contributed by atoms with E-state index in [-0.39, 0.29) is 0 Å². The summed E-state index contributed by atoms with van der Waals surface area (Å²) in [7, 11) is 1.93. The zero-order valence-electron chi connectivity index (χ0n) is 9.80. The second-order valence-electron chi connectivity index (χ2n) is 3.80. The van der Waals surface area contributed by atoms with E-state index in [4.69, 9.17) is 29.6 Å². The summed E-state index contributed by atoms with van der Waals surface area (Å²) < 4.78 is 0. The van der Waals surface area contributed by atoms with Gasteiger partial charge in [-0.05, 0) is 30.3 Å². The summed E-state index contributed by atoms with van der Waals surface area (Å²) in [6.45, 7) is 0. The number of thiocarbonyl (C=S) groups is 1. The summed E-state index contributed by atoms with van der Waals surface area (Å²) in [6.07, 6.45) is 3.51. The molecule has 0 saturated heterocycles. The Morgan fingerprint density at radius 2 is 2.17 bits per heavy atom. The van der Waals surface area contributed by atoms with Gasteiger partial charge in [0.2, 0.25) is 0 Å². The van der Waals surface area contributed by atoms with E-state index >= 15 is 0 Å². The van der Waals surface area contributed by atoms with Crippen LogP contribution in [0.1, 0.15) is 5.56 Å². The normalized spacial score (nSPS) is 10.1. The Labute approximate surface area is 116 Å². The highest BCUT2D eigenvalue weighted by atomic mass is 35.5. The molecule has 0 aliphatic carbocycles. The molecule has 0 radical (unpaired) electrons. The van der Waals surface area contributed by atoms with Crippen LogP contribution < -0.4 is 10.6 Å². The van der Waals surface area contributed by atoms with Gasteiger partial charge in [0.1, 0.15) is 4.99 Å². The van der Waals surface area contributed by atoms with Crippen molar-refractivity contribution < 1.29 is 0 Å². The molecule has 0 unspecified atom stereocenters. The summed E-state index contributed by atoms with van der Waals surface area (Å²) in [4.78, 5) is 6.38. The Morgan fingerprint density at radius 1 is 1.39 bits per heavy atom. The van der Waals surface area contributed by atoms with E-state index in [1.54, 1.807) is 18.5 Å². The summed E-state index contributed by atoms with van der Waals surface area (Å²) in [5.74, 6) is 0. The molecule has 0 saturated carbocycles. The maximum atomic E-state index is 6.24. The molecule has 0 atom stereocenters. The predicted molar refractivity (Wildman–Crippen MR) is 79.6 cm³/mol. The number of aromatic nitrogens is 1. The Balaban J connectivity index is 2.37. The number of anilines is 2. The maximum absolute atomic E-state index is 6.24. The highest BCUT2D eigenvalue weighted by molar-refractivity contribution is 7.80. The lowest BCUT2D eigenvalue weighted by atomic mass is 10.2. The molecule has 18 heavy (non-hydrogen) atoms. The number of nitrogens with zero attached hydrogens (tertiary/aromatic N) is 2. The second kappa shape index (κ2) is 5.33. The van der Waals surface area contributed by atoms with E-state index in [0.29, 0.717) is 10.0 Å². The first kappa shape index (κ1) is 12.8. The molecule has 2 aromatic rings. The van der Waals surface area contributed by atoms with Crippen molar-refractivity contribution >= 4 is 40.2 Å². The third kappa shape index (κ3) is 2.60.